The molecule has 2 heterocycles. The van der Waals surface area contributed by atoms with Crippen molar-refractivity contribution >= 4 is 63.6 Å². The summed E-state index contributed by atoms with van der Waals surface area (Å²) in [6.07, 6.45) is 9.73. The van der Waals surface area contributed by atoms with Gasteiger partial charge >= 0.3 is 0 Å². The molecule has 1 amide bonds. The number of aromatic nitrogens is 4. The Morgan fingerprint density at radius 2 is 1.86 bits per heavy atom. The first kappa shape index (κ1) is 29.2. The van der Waals surface area contributed by atoms with Crippen molar-refractivity contribution in [3.8, 4) is 0 Å². The topological polar surface area (TPSA) is 132 Å². The normalized spacial score (nSPS) is 13.5. The molecule has 1 saturated carbocycles. The van der Waals surface area contributed by atoms with E-state index in [9.17, 15) is 4.79 Å². The van der Waals surface area contributed by atoms with E-state index in [1.54, 1.807) is 18.2 Å². The largest absolute Gasteiger partial charge is 0.397 e. The van der Waals surface area contributed by atoms with Gasteiger partial charge in [-0.05, 0) is 60.4 Å². The van der Waals surface area contributed by atoms with E-state index in [2.05, 4.69) is 25.5 Å². The van der Waals surface area contributed by atoms with Crippen LogP contribution in [0.15, 0.2) is 85.2 Å². The van der Waals surface area contributed by atoms with E-state index in [0.29, 0.717) is 46.3 Å². The van der Waals surface area contributed by atoms with Gasteiger partial charge in [-0.15, -0.1) is 0 Å². The summed E-state index contributed by atoms with van der Waals surface area (Å²) in [5.41, 5.74) is 11.2. The number of nitrogen functional groups attached to an aromatic ring is 1. The Balaban J connectivity index is 1.07. The van der Waals surface area contributed by atoms with E-state index < -0.39 is 0 Å². The SMILES string of the molecule is Nc1ccccc1NC(=O)/C=C/c1ccc(COCNc2nc(Nc3cccc(Cl)c3)c3ncn(C4CCCC4)c3n2)cc1. The number of hydrogen-bond acceptors (Lipinski definition) is 8. The molecule has 10 nitrogen and oxygen atoms in total. The summed E-state index contributed by atoms with van der Waals surface area (Å²) in [4.78, 5) is 26.4. The summed E-state index contributed by atoms with van der Waals surface area (Å²) >= 11 is 6.21. The molecule has 11 heteroatoms. The molecule has 1 aliphatic rings. The van der Waals surface area contributed by atoms with Crippen LogP contribution in [0.4, 0.5) is 28.8 Å². The molecule has 0 unspecified atom stereocenters. The van der Waals surface area contributed by atoms with Crippen molar-refractivity contribution in [1.82, 2.24) is 19.5 Å². The number of nitrogens with two attached hydrogens (primary N) is 1. The Hall–Kier alpha value is -4.93. The minimum atomic E-state index is -0.251. The van der Waals surface area contributed by atoms with Crippen molar-refractivity contribution in [3.63, 3.8) is 0 Å². The Labute approximate surface area is 260 Å². The third-order valence-corrected chi connectivity index (χ3v) is 7.69. The van der Waals surface area contributed by atoms with E-state index in [4.69, 9.17) is 32.0 Å². The summed E-state index contributed by atoms with van der Waals surface area (Å²) in [7, 11) is 0. The molecule has 0 spiro atoms. The van der Waals surface area contributed by atoms with Gasteiger partial charge in [0.05, 0.1) is 24.3 Å². The van der Waals surface area contributed by atoms with Gasteiger partial charge in [-0.3, -0.25) is 4.79 Å². The Bertz CT molecular complexity index is 1780. The van der Waals surface area contributed by atoms with Crippen LogP contribution in [0.25, 0.3) is 17.2 Å². The fraction of sp³-hybridized carbons (Fsp3) is 0.212. The number of imidazole rings is 1. The smallest absolute Gasteiger partial charge is 0.248 e. The van der Waals surface area contributed by atoms with Crippen molar-refractivity contribution in [2.75, 3.05) is 28.4 Å². The molecule has 1 fully saturated rings. The zero-order valence-electron chi connectivity index (χ0n) is 24.0. The maximum Gasteiger partial charge on any atom is 0.248 e. The molecule has 5 aromatic rings. The molecule has 1 aliphatic carbocycles. The van der Waals surface area contributed by atoms with Gasteiger partial charge < -0.3 is 31.0 Å². The fourth-order valence-electron chi connectivity index (χ4n) is 5.20. The highest BCUT2D eigenvalue weighted by Crippen LogP contribution is 2.33. The number of rotatable bonds is 11. The lowest BCUT2D eigenvalue weighted by molar-refractivity contribution is -0.111. The molecule has 0 atom stereocenters. The summed E-state index contributed by atoms with van der Waals surface area (Å²) < 4.78 is 8.05. The molecular formula is C33H33ClN8O2. The minimum Gasteiger partial charge on any atom is -0.397 e. The molecule has 0 radical (unpaired) electrons. The second kappa shape index (κ2) is 13.6. The van der Waals surface area contributed by atoms with E-state index >= 15 is 0 Å². The Morgan fingerprint density at radius 3 is 2.66 bits per heavy atom. The summed E-state index contributed by atoms with van der Waals surface area (Å²) in [5.74, 6) is 0.790. The summed E-state index contributed by atoms with van der Waals surface area (Å²) in [5, 5.41) is 9.97. The highest BCUT2D eigenvalue weighted by molar-refractivity contribution is 6.30. The zero-order valence-corrected chi connectivity index (χ0v) is 24.8. The van der Waals surface area contributed by atoms with Crippen LogP contribution < -0.4 is 21.7 Å². The quantitative estimate of drug-likeness (QED) is 0.0537. The van der Waals surface area contributed by atoms with Crippen LogP contribution in [0.3, 0.4) is 0 Å². The monoisotopic (exact) mass is 608 g/mol. The lowest BCUT2D eigenvalue weighted by Crippen LogP contribution is -2.11. The summed E-state index contributed by atoms with van der Waals surface area (Å²) in [6, 6.07) is 22.8. The number of nitrogens with one attached hydrogen (secondary N) is 3. The fourth-order valence-corrected chi connectivity index (χ4v) is 5.39. The molecule has 224 valence electrons. The molecule has 0 saturated heterocycles. The standard InChI is InChI=1S/C33H33ClN8O2/c34-24-6-5-7-25(18-24)38-31-30-32(42(20-36-30)26-8-1-2-9-26)41-33(40-31)37-21-44-19-23-14-12-22(13-15-23)16-17-29(43)39-28-11-4-3-10-27(28)35/h3-7,10-18,20,26H,1-2,8-9,19,21,35H2,(H,39,43)(H2,37,38,40,41)/b17-16+. The van der Waals surface area contributed by atoms with Gasteiger partial charge in [-0.2, -0.15) is 9.97 Å². The van der Waals surface area contributed by atoms with Gasteiger partial charge in [0.2, 0.25) is 11.9 Å². The third kappa shape index (κ3) is 7.16. The second-order valence-electron chi connectivity index (χ2n) is 10.6. The number of halogens is 1. The zero-order chi connectivity index (χ0) is 30.3. The van der Waals surface area contributed by atoms with Crippen LogP contribution in [0.1, 0.15) is 42.9 Å². The number of ether oxygens (including phenoxy) is 1. The minimum absolute atomic E-state index is 0.212. The lowest BCUT2D eigenvalue weighted by atomic mass is 10.1. The first-order valence-electron chi connectivity index (χ1n) is 14.5. The summed E-state index contributed by atoms with van der Waals surface area (Å²) in [6.45, 7) is 0.602. The van der Waals surface area contributed by atoms with Gasteiger partial charge in [0, 0.05) is 22.8 Å². The van der Waals surface area contributed by atoms with Crippen LogP contribution in [0.2, 0.25) is 5.02 Å². The molecule has 0 bridgehead atoms. The number of anilines is 5. The van der Waals surface area contributed by atoms with Gasteiger partial charge in [0.1, 0.15) is 6.73 Å². The van der Waals surface area contributed by atoms with E-state index in [0.717, 1.165) is 35.3 Å². The first-order chi connectivity index (χ1) is 21.5. The van der Waals surface area contributed by atoms with Crippen LogP contribution in [-0.2, 0) is 16.1 Å². The van der Waals surface area contributed by atoms with E-state index in [1.165, 1.54) is 18.9 Å². The van der Waals surface area contributed by atoms with Crippen LogP contribution in [0.5, 0.6) is 0 Å². The molecular weight excluding hydrogens is 576 g/mol. The number of carbonyl (C=O) groups excluding carboxylic acids is 1. The lowest BCUT2D eigenvalue weighted by Gasteiger charge is -2.14. The van der Waals surface area contributed by atoms with E-state index in [1.807, 2.05) is 67.0 Å². The Kier molecular flexibility index (Phi) is 9.00. The highest BCUT2D eigenvalue weighted by Gasteiger charge is 2.22. The van der Waals surface area contributed by atoms with Crippen LogP contribution in [-0.4, -0.2) is 32.2 Å². The molecule has 3 aromatic carbocycles. The number of hydrogen-bond donors (Lipinski definition) is 4. The van der Waals surface area contributed by atoms with Gasteiger partial charge in [-0.1, -0.05) is 66.9 Å². The molecule has 44 heavy (non-hydrogen) atoms. The average Bonchev–Trinajstić information content (AvgIpc) is 3.71. The van der Waals surface area contributed by atoms with E-state index in [-0.39, 0.29) is 12.6 Å². The van der Waals surface area contributed by atoms with Crippen molar-refractivity contribution in [2.45, 2.75) is 38.3 Å². The van der Waals surface area contributed by atoms with Crippen LogP contribution in [0, 0.1) is 0 Å². The Morgan fingerprint density at radius 1 is 1.05 bits per heavy atom. The maximum absolute atomic E-state index is 12.3. The van der Waals surface area contributed by atoms with Crippen LogP contribution >= 0.6 is 11.6 Å². The number of amides is 1. The van der Waals surface area contributed by atoms with Gasteiger partial charge in [0.25, 0.3) is 0 Å². The maximum atomic E-state index is 12.3. The van der Waals surface area contributed by atoms with Gasteiger partial charge in [0.15, 0.2) is 17.0 Å². The van der Waals surface area contributed by atoms with Crippen molar-refractivity contribution in [1.29, 1.82) is 0 Å². The predicted octanol–water partition coefficient (Wildman–Crippen LogP) is 7.16. The molecule has 0 aliphatic heterocycles. The number of fused-ring (bicyclic) bond motifs is 1. The van der Waals surface area contributed by atoms with Gasteiger partial charge in [-0.25, -0.2) is 4.98 Å². The van der Waals surface area contributed by atoms with Crippen molar-refractivity contribution < 1.29 is 9.53 Å². The number of carbonyl (C=O) groups is 1. The second-order valence-corrected chi connectivity index (χ2v) is 11.1. The number of benzene rings is 3. The molecule has 2 aromatic heterocycles. The highest BCUT2D eigenvalue weighted by atomic mass is 35.5. The molecule has 6 rings (SSSR count). The van der Waals surface area contributed by atoms with Crippen molar-refractivity contribution in [2.24, 2.45) is 0 Å². The number of nitrogens with zero attached hydrogens (tertiary/aromatic N) is 4. The van der Waals surface area contributed by atoms with Crippen molar-refractivity contribution in [3.05, 3.63) is 101 Å². The molecule has 5 N–H and O–H groups in total. The first-order valence-corrected chi connectivity index (χ1v) is 14.9. The predicted molar refractivity (Wildman–Crippen MR) is 176 cm³/mol. The number of para-hydroxylation sites is 2. The average molecular weight is 609 g/mol. The third-order valence-electron chi connectivity index (χ3n) is 7.45.